The standard InChI is InChI=1S/C17H32N4O2/c1-6-18-17(19-8-7-9-22-12-13(2)3)20-11-15-10-16(14(4)5)21-23-15/h10,13-14H,6-9,11-12H2,1-5H3,(H2,18,19,20). The number of aliphatic imine (C=N–C) groups is 1. The summed E-state index contributed by atoms with van der Waals surface area (Å²) < 4.78 is 10.9. The first-order chi connectivity index (χ1) is 11.0. The first-order valence-corrected chi connectivity index (χ1v) is 8.58. The van der Waals surface area contributed by atoms with Crippen molar-refractivity contribution in [1.82, 2.24) is 15.8 Å². The molecule has 0 aliphatic rings. The molecule has 6 nitrogen and oxygen atoms in total. The smallest absolute Gasteiger partial charge is 0.191 e. The second-order valence-corrected chi connectivity index (χ2v) is 6.32. The highest BCUT2D eigenvalue weighted by Gasteiger charge is 2.07. The number of aromatic nitrogens is 1. The van der Waals surface area contributed by atoms with E-state index in [0.717, 1.165) is 50.1 Å². The van der Waals surface area contributed by atoms with E-state index in [0.29, 0.717) is 18.4 Å². The summed E-state index contributed by atoms with van der Waals surface area (Å²) in [5.41, 5.74) is 0.968. The fourth-order valence-electron chi connectivity index (χ4n) is 1.87. The van der Waals surface area contributed by atoms with Gasteiger partial charge in [-0.1, -0.05) is 32.9 Å². The van der Waals surface area contributed by atoms with Crippen LogP contribution < -0.4 is 10.6 Å². The van der Waals surface area contributed by atoms with Crippen molar-refractivity contribution in [3.8, 4) is 0 Å². The first kappa shape index (κ1) is 19.5. The van der Waals surface area contributed by atoms with Crippen molar-refractivity contribution in [3.05, 3.63) is 17.5 Å². The number of ether oxygens (including phenoxy) is 1. The molecule has 0 aliphatic carbocycles. The van der Waals surface area contributed by atoms with Gasteiger partial charge in [-0.05, 0) is 25.2 Å². The molecule has 0 aliphatic heterocycles. The van der Waals surface area contributed by atoms with Gasteiger partial charge in [0.1, 0.15) is 6.54 Å². The number of nitrogens with one attached hydrogen (secondary N) is 2. The summed E-state index contributed by atoms with van der Waals surface area (Å²) in [5.74, 6) is 2.53. The molecule has 0 saturated carbocycles. The van der Waals surface area contributed by atoms with Gasteiger partial charge in [0.2, 0.25) is 0 Å². The molecule has 0 atom stereocenters. The third-order valence-corrected chi connectivity index (χ3v) is 3.12. The maximum atomic E-state index is 5.57. The lowest BCUT2D eigenvalue weighted by atomic mass is 10.1. The van der Waals surface area contributed by atoms with Crippen molar-refractivity contribution in [3.63, 3.8) is 0 Å². The summed E-state index contributed by atoms with van der Waals surface area (Å²) in [6, 6.07) is 1.97. The molecule has 0 unspecified atom stereocenters. The van der Waals surface area contributed by atoms with Crippen molar-refractivity contribution in [2.75, 3.05) is 26.3 Å². The lowest BCUT2D eigenvalue weighted by Gasteiger charge is -2.11. The second kappa shape index (κ2) is 11.0. The highest BCUT2D eigenvalue weighted by atomic mass is 16.5. The van der Waals surface area contributed by atoms with Gasteiger partial charge in [-0.25, -0.2) is 4.99 Å². The van der Waals surface area contributed by atoms with Crippen LogP contribution >= 0.6 is 0 Å². The van der Waals surface area contributed by atoms with Gasteiger partial charge >= 0.3 is 0 Å². The second-order valence-electron chi connectivity index (χ2n) is 6.32. The van der Waals surface area contributed by atoms with Gasteiger partial charge in [-0.3, -0.25) is 0 Å². The molecule has 1 aromatic rings. The minimum atomic E-state index is 0.369. The largest absolute Gasteiger partial charge is 0.381 e. The van der Waals surface area contributed by atoms with Crippen LogP contribution in [0.3, 0.4) is 0 Å². The molecule has 0 saturated heterocycles. The molecule has 0 radical (unpaired) electrons. The summed E-state index contributed by atoms with van der Waals surface area (Å²) in [6.07, 6.45) is 0.955. The van der Waals surface area contributed by atoms with Crippen LogP contribution in [0.15, 0.2) is 15.6 Å². The van der Waals surface area contributed by atoms with E-state index in [1.165, 1.54) is 0 Å². The average molecular weight is 324 g/mol. The van der Waals surface area contributed by atoms with Gasteiger partial charge in [0.05, 0.1) is 5.69 Å². The summed E-state index contributed by atoms with van der Waals surface area (Å²) in [7, 11) is 0. The van der Waals surface area contributed by atoms with E-state index >= 15 is 0 Å². The van der Waals surface area contributed by atoms with Crippen LogP contribution in [0.25, 0.3) is 0 Å². The minimum Gasteiger partial charge on any atom is -0.381 e. The first-order valence-electron chi connectivity index (χ1n) is 8.58. The number of nitrogens with zero attached hydrogens (tertiary/aromatic N) is 2. The Hall–Kier alpha value is -1.56. The Balaban J connectivity index is 2.34. The van der Waals surface area contributed by atoms with Gasteiger partial charge < -0.3 is 19.9 Å². The van der Waals surface area contributed by atoms with Crippen LogP contribution in [0.5, 0.6) is 0 Å². The van der Waals surface area contributed by atoms with Crippen LogP contribution in [0.4, 0.5) is 0 Å². The molecular formula is C17H32N4O2. The van der Waals surface area contributed by atoms with Crippen molar-refractivity contribution < 1.29 is 9.26 Å². The van der Waals surface area contributed by atoms with E-state index in [9.17, 15) is 0 Å². The van der Waals surface area contributed by atoms with E-state index in [1.54, 1.807) is 0 Å². The molecule has 1 rings (SSSR count). The molecule has 1 heterocycles. The number of hydrogen-bond acceptors (Lipinski definition) is 4. The van der Waals surface area contributed by atoms with Crippen molar-refractivity contribution in [1.29, 1.82) is 0 Å². The Morgan fingerprint density at radius 1 is 1.30 bits per heavy atom. The van der Waals surface area contributed by atoms with Crippen LogP contribution in [-0.2, 0) is 11.3 Å². The number of guanidine groups is 1. The monoisotopic (exact) mass is 324 g/mol. The molecule has 6 heteroatoms. The normalized spacial score (nSPS) is 12.2. The minimum absolute atomic E-state index is 0.369. The number of rotatable bonds is 10. The van der Waals surface area contributed by atoms with E-state index < -0.39 is 0 Å². The van der Waals surface area contributed by atoms with E-state index in [4.69, 9.17) is 9.26 Å². The fourth-order valence-corrected chi connectivity index (χ4v) is 1.87. The SMILES string of the molecule is CCNC(=NCc1cc(C(C)C)no1)NCCCOCC(C)C. The predicted molar refractivity (Wildman–Crippen MR) is 93.7 cm³/mol. The molecule has 0 fully saturated rings. The molecule has 1 aromatic heterocycles. The lowest BCUT2D eigenvalue weighted by Crippen LogP contribution is -2.38. The topological polar surface area (TPSA) is 71.7 Å². The Kier molecular flexibility index (Phi) is 9.36. The molecule has 2 N–H and O–H groups in total. The highest BCUT2D eigenvalue weighted by molar-refractivity contribution is 5.79. The zero-order chi connectivity index (χ0) is 17.1. The Bertz CT molecular complexity index is 455. The molecular weight excluding hydrogens is 292 g/mol. The van der Waals surface area contributed by atoms with Crippen LogP contribution in [0.1, 0.15) is 58.4 Å². The summed E-state index contributed by atoms with van der Waals surface area (Å²) >= 11 is 0. The third kappa shape index (κ3) is 8.59. The third-order valence-electron chi connectivity index (χ3n) is 3.12. The quantitative estimate of drug-likeness (QED) is 0.393. The lowest BCUT2D eigenvalue weighted by molar-refractivity contribution is 0.108. The van der Waals surface area contributed by atoms with Crippen LogP contribution in [0, 0.1) is 5.92 Å². The van der Waals surface area contributed by atoms with Crippen LogP contribution in [-0.4, -0.2) is 37.4 Å². The van der Waals surface area contributed by atoms with Crippen molar-refractivity contribution in [2.24, 2.45) is 10.9 Å². The Labute approximate surface area is 140 Å². The van der Waals surface area contributed by atoms with Gasteiger partial charge in [0, 0.05) is 32.4 Å². The van der Waals surface area contributed by atoms with E-state index in [2.05, 4.69) is 48.5 Å². The van der Waals surface area contributed by atoms with E-state index in [1.807, 2.05) is 13.0 Å². The number of hydrogen-bond donors (Lipinski definition) is 2. The Morgan fingerprint density at radius 3 is 2.70 bits per heavy atom. The molecule has 23 heavy (non-hydrogen) atoms. The van der Waals surface area contributed by atoms with Gasteiger partial charge in [-0.15, -0.1) is 0 Å². The van der Waals surface area contributed by atoms with Gasteiger partial charge in [0.15, 0.2) is 11.7 Å². The molecule has 0 spiro atoms. The molecule has 0 bridgehead atoms. The summed E-state index contributed by atoms with van der Waals surface area (Å²) in [4.78, 5) is 4.52. The Morgan fingerprint density at radius 2 is 2.09 bits per heavy atom. The predicted octanol–water partition coefficient (Wildman–Crippen LogP) is 2.92. The fraction of sp³-hybridized carbons (Fsp3) is 0.765. The highest BCUT2D eigenvalue weighted by Crippen LogP contribution is 2.14. The summed E-state index contributed by atoms with van der Waals surface area (Å²) in [5, 5.41) is 10.6. The average Bonchev–Trinajstić information content (AvgIpc) is 2.97. The van der Waals surface area contributed by atoms with Crippen LogP contribution in [0.2, 0.25) is 0 Å². The van der Waals surface area contributed by atoms with Gasteiger partial charge in [-0.2, -0.15) is 0 Å². The zero-order valence-electron chi connectivity index (χ0n) is 15.2. The zero-order valence-corrected chi connectivity index (χ0v) is 15.2. The molecule has 0 aromatic carbocycles. The molecule has 0 amide bonds. The summed E-state index contributed by atoms with van der Waals surface area (Å²) in [6.45, 7) is 14.3. The maximum Gasteiger partial charge on any atom is 0.191 e. The van der Waals surface area contributed by atoms with E-state index in [-0.39, 0.29) is 0 Å². The maximum absolute atomic E-state index is 5.57. The van der Waals surface area contributed by atoms with Gasteiger partial charge in [0.25, 0.3) is 0 Å². The van der Waals surface area contributed by atoms with Crippen molar-refractivity contribution in [2.45, 2.75) is 53.5 Å². The van der Waals surface area contributed by atoms with Crippen molar-refractivity contribution >= 4 is 5.96 Å². The molecule has 132 valence electrons.